The first-order chi connectivity index (χ1) is 14.1. The molecule has 144 valence electrons. The van der Waals surface area contributed by atoms with Crippen molar-refractivity contribution in [3.8, 4) is 11.4 Å². The van der Waals surface area contributed by atoms with Gasteiger partial charge in [0.15, 0.2) is 11.5 Å². The fourth-order valence-electron chi connectivity index (χ4n) is 3.11. The van der Waals surface area contributed by atoms with Crippen LogP contribution in [0.1, 0.15) is 10.4 Å². The van der Waals surface area contributed by atoms with Gasteiger partial charge in [-0.25, -0.2) is 0 Å². The zero-order valence-corrected chi connectivity index (χ0v) is 17.6. The smallest absolute Gasteiger partial charge is 0.264 e. The van der Waals surface area contributed by atoms with Gasteiger partial charge in [-0.05, 0) is 30.3 Å². The lowest BCUT2D eigenvalue weighted by molar-refractivity contribution is 0.102. The van der Waals surface area contributed by atoms with Crippen LogP contribution in [0.5, 0.6) is 5.75 Å². The molecule has 4 rings (SSSR count). The Balaban J connectivity index is 1.80. The Morgan fingerprint density at radius 2 is 1.52 bits per heavy atom. The summed E-state index contributed by atoms with van der Waals surface area (Å²) >= 11 is 4.51. The average molecular weight is 466 g/mol. The lowest BCUT2D eigenvalue weighted by Crippen LogP contribution is -2.21. The molecule has 4 aromatic rings. The maximum absolute atomic E-state index is 13.2. The van der Waals surface area contributed by atoms with Crippen LogP contribution in [0.25, 0.3) is 16.5 Å². The van der Waals surface area contributed by atoms with E-state index in [1.807, 2.05) is 30.3 Å². The second-order valence-electron chi connectivity index (χ2n) is 6.39. The summed E-state index contributed by atoms with van der Waals surface area (Å²) in [5.74, 6) is 0.0135. The van der Waals surface area contributed by atoms with E-state index in [0.29, 0.717) is 27.0 Å². The number of thioether (sulfide) groups is 1. The minimum Gasteiger partial charge on any atom is -0.505 e. The van der Waals surface area contributed by atoms with E-state index in [9.17, 15) is 14.7 Å². The summed E-state index contributed by atoms with van der Waals surface area (Å²) in [6.07, 6.45) is 0. The van der Waals surface area contributed by atoms with Gasteiger partial charge in [-0.15, -0.1) is 0 Å². The molecule has 0 unspecified atom stereocenters. The van der Waals surface area contributed by atoms with Crippen molar-refractivity contribution < 1.29 is 9.90 Å². The lowest BCUT2D eigenvalue weighted by Gasteiger charge is -2.16. The fourth-order valence-corrected chi connectivity index (χ4v) is 4.37. The number of fused-ring (bicyclic) bond motifs is 1. The number of carbonyl (C=O) groups is 1. The van der Waals surface area contributed by atoms with Gasteiger partial charge in [-0.3, -0.25) is 14.2 Å². The van der Waals surface area contributed by atoms with Crippen LogP contribution in [0.4, 0.5) is 0 Å². The third kappa shape index (κ3) is 3.86. The van der Waals surface area contributed by atoms with Crippen molar-refractivity contribution in [2.45, 2.75) is 5.03 Å². The predicted octanol–water partition coefficient (Wildman–Crippen LogP) is 5.43. The second-order valence-corrected chi connectivity index (χ2v) is 8.27. The molecular formula is C23H16BrNO3S. The summed E-state index contributed by atoms with van der Waals surface area (Å²) < 4.78 is 2.36. The fraction of sp³-hybridized carbons (Fsp3) is 0.0435. The summed E-state index contributed by atoms with van der Waals surface area (Å²) in [6.45, 7) is 0. The number of benzene rings is 3. The standard InChI is InChI=1S/C23H16BrNO3S/c24-16-12-10-15(11-13-16)20(26)14-29-23-21(27)18-8-4-5-9-19(18)22(28)25(23)17-6-2-1-3-7-17/h1-13,27H,14H2. The summed E-state index contributed by atoms with van der Waals surface area (Å²) in [5.41, 5.74) is 0.981. The van der Waals surface area contributed by atoms with E-state index in [1.54, 1.807) is 48.5 Å². The third-order valence-electron chi connectivity index (χ3n) is 4.54. The van der Waals surface area contributed by atoms with Gasteiger partial charge in [0.05, 0.1) is 11.1 Å². The summed E-state index contributed by atoms with van der Waals surface area (Å²) in [7, 11) is 0. The van der Waals surface area contributed by atoms with Gasteiger partial charge < -0.3 is 5.11 Å². The number of carbonyl (C=O) groups excluding carboxylic acids is 1. The van der Waals surface area contributed by atoms with Gasteiger partial charge in [0.25, 0.3) is 5.56 Å². The molecule has 4 nitrogen and oxygen atoms in total. The molecule has 0 atom stereocenters. The molecule has 1 aromatic heterocycles. The van der Waals surface area contributed by atoms with Crippen LogP contribution in [-0.2, 0) is 0 Å². The zero-order chi connectivity index (χ0) is 20.4. The Morgan fingerprint density at radius 3 is 2.21 bits per heavy atom. The Morgan fingerprint density at radius 1 is 0.897 bits per heavy atom. The first-order valence-corrected chi connectivity index (χ1v) is 10.7. The number of aromatic nitrogens is 1. The number of nitrogens with zero attached hydrogens (tertiary/aromatic N) is 1. The molecule has 0 saturated carbocycles. The number of aromatic hydroxyl groups is 1. The highest BCUT2D eigenvalue weighted by Gasteiger charge is 2.19. The van der Waals surface area contributed by atoms with Gasteiger partial charge in [-0.2, -0.15) is 0 Å². The summed E-state index contributed by atoms with van der Waals surface area (Å²) in [6, 6.07) is 23.2. The molecule has 0 saturated heterocycles. The molecule has 0 fully saturated rings. The van der Waals surface area contributed by atoms with E-state index in [4.69, 9.17) is 0 Å². The molecule has 0 aliphatic rings. The molecule has 1 heterocycles. The third-order valence-corrected chi connectivity index (χ3v) is 6.13. The number of halogens is 1. The van der Waals surface area contributed by atoms with Crippen molar-refractivity contribution in [3.05, 3.63) is 99.3 Å². The highest BCUT2D eigenvalue weighted by Crippen LogP contribution is 2.35. The van der Waals surface area contributed by atoms with Crippen molar-refractivity contribution >= 4 is 44.2 Å². The highest BCUT2D eigenvalue weighted by atomic mass is 79.9. The monoisotopic (exact) mass is 465 g/mol. The second kappa shape index (κ2) is 8.27. The maximum atomic E-state index is 13.2. The number of rotatable bonds is 5. The van der Waals surface area contributed by atoms with Crippen molar-refractivity contribution in [2.24, 2.45) is 0 Å². The molecule has 0 bridgehead atoms. The Bertz CT molecular complexity index is 1250. The minimum absolute atomic E-state index is 0.00217. The van der Waals surface area contributed by atoms with Crippen molar-refractivity contribution in [1.82, 2.24) is 4.57 Å². The quantitative estimate of drug-likeness (QED) is 0.315. The van der Waals surface area contributed by atoms with Gasteiger partial charge in [-0.1, -0.05) is 76.2 Å². The average Bonchev–Trinajstić information content (AvgIpc) is 2.76. The van der Waals surface area contributed by atoms with E-state index in [1.165, 1.54) is 4.57 Å². The van der Waals surface area contributed by atoms with Gasteiger partial charge in [0, 0.05) is 21.1 Å². The number of hydrogen-bond donors (Lipinski definition) is 1. The number of ketones is 1. The summed E-state index contributed by atoms with van der Waals surface area (Å²) in [5, 5.41) is 12.2. The van der Waals surface area contributed by atoms with Gasteiger partial charge in [0.2, 0.25) is 0 Å². The van der Waals surface area contributed by atoms with E-state index < -0.39 is 0 Å². The topological polar surface area (TPSA) is 59.3 Å². The SMILES string of the molecule is O=C(CSc1c(O)c2ccccc2c(=O)n1-c1ccccc1)c1ccc(Br)cc1. The molecule has 0 spiro atoms. The summed E-state index contributed by atoms with van der Waals surface area (Å²) in [4.78, 5) is 25.8. The first-order valence-electron chi connectivity index (χ1n) is 8.90. The van der Waals surface area contributed by atoms with Crippen LogP contribution < -0.4 is 5.56 Å². The zero-order valence-electron chi connectivity index (χ0n) is 15.2. The molecule has 1 N–H and O–H groups in total. The molecule has 6 heteroatoms. The minimum atomic E-state index is -0.233. The van der Waals surface area contributed by atoms with Crippen molar-refractivity contribution in [3.63, 3.8) is 0 Å². The molecule has 0 amide bonds. The Labute approximate surface area is 179 Å². The van der Waals surface area contributed by atoms with Gasteiger partial charge in [0.1, 0.15) is 5.03 Å². The van der Waals surface area contributed by atoms with Gasteiger partial charge >= 0.3 is 0 Å². The molecule has 29 heavy (non-hydrogen) atoms. The van der Waals surface area contributed by atoms with E-state index >= 15 is 0 Å². The van der Waals surface area contributed by atoms with Crippen LogP contribution in [0.15, 0.2) is 93.2 Å². The van der Waals surface area contributed by atoms with Crippen LogP contribution in [-0.4, -0.2) is 21.2 Å². The van der Waals surface area contributed by atoms with Crippen LogP contribution in [0.3, 0.4) is 0 Å². The van der Waals surface area contributed by atoms with E-state index in [2.05, 4.69) is 15.9 Å². The number of Topliss-reactive ketones (excluding diaryl/α,β-unsaturated/α-hetero) is 1. The number of para-hydroxylation sites is 1. The van der Waals surface area contributed by atoms with Crippen molar-refractivity contribution in [1.29, 1.82) is 0 Å². The number of hydrogen-bond acceptors (Lipinski definition) is 4. The first kappa shape index (κ1) is 19.5. The van der Waals surface area contributed by atoms with Crippen LogP contribution in [0.2, 0.25) is 0 Å². The predicted molar refractivity (Wildman–Crippen MR) is 120 cm³/mol. The molecule has 0 radical (unpaired) electrons. The number of pyridine rings is 1. The molecule has 3 aromatic carbocycles. The molecule has 0 aliphatic carbocycles. The maximum Gasteiger partial charge on any atom is 0.264 e. The van der Waals surface area contributed by atoms with Crippen molar-refractivity contribution in [2.75, 3.05) is 5.75 Å². The Kier molecular flexibility index (Phi) is 5.56. The highest BCUT2D eigenvalue weighted by molar-refractivity contribution is 9.10. The van der Waals surface area contributed by atoms with Crippen LogP contribution >= 0.6 is 27.7 Å². The lowest BCUT2D eigenvalue weighted by atomic mass is 10.1. The Hall–Kier alpha value is -2.83. The van der Waals surface area contributed by atoms with E-state index in [-0.39, 0.29) is 22.8 Å². The normalized spacial score (nSPS) is 10.9. The van der Waals surface area contributed by atoms with E-state index in [0.717, 1.165) is 16.2 Å². The van der Waals surface area contributed by atoms with Crippen LogP contribution in [0, 0.1) is 0 Å². The molecule has 0 aliphatic heterocycles. The molecular weight excluding hydrogens is 450 g/mol. The largest absolute Gasteiger partial charge is 0.505 e.